The van der Waals surface area contributed by atoms with E-state index in [0.717, 1.165) is 12.0 Å². The van der Waals surface area contributed by atoms with Gasteiger partial charge in [0.25, 0.3) is 0 Å². The minimum Gasteiger partial charge on any atom is -0.394 e. The first-order valence-corrected chi connectivity index (χ1v) is 6.55. The molecule has 0 aromatic heterocycles. The predicted octanol–water partition coefficient (Wildman–Crippen LogP) is 2.11. The SMILES string of the molecule is CC(C)C[C@@](C)(CO)N[C@H](CO)c1ccccc1. The van der Waals surface area contributed by atoms with Crippen molar-refractivity contribution in [3.63, 3.8) is 0 Å². The molecule has 102 valence electrons. The Morgan fingerprint density at radius 2 is 1.78 bits per heavy atom. The molecule has 1 aromatic rings. The summed E-state index contributed by atoms with van der Waals surface area (Å²) in [7, 11) is 0. The Morgan fingerprint density at radius 1 is 1.17 bits per heavy atom. The summed E-state index contributed by atoms with van der Waals surface area (Å²) >= 11 is 0. The maximum absolute atomic E-state index is 9.58. The average Bonchev–Trinajstić information content (AvgIpc) is 2.36. The lowest BCUT2D eigenvalue weighted by atomic mass is 9.90. The van der Waals surface area contributed by atoms with Crippen LogP contribution in [0.2, 0.25) is 0 Å². The summed E-state index contributed by atoms with van der Waals surface area (Å²) in [4.78, 5) is 0. The van der Waals surface area contributed by atoms with Gasteiger partial charge in [-0.25, -0.2) is 0 Å². The number of hydrogen-bond donors (Lipinski definition) is 3. The topological polar surface area (TPSA) is 52.5 Å². The van der Waals surface area contributed by atoms with Crippen molar-refractivity contribution < 1.29 is 10.2 Å². The van der Waals surface area contributed by atoms with Gasteiger partial charge in [0.2, 0.25) is 0 Å². The zero-order chi connectivity index (χ0) is 13.6. The van der Waals surface area contributed by atoms with E-state index in [0.29, 0.717) is 5.92 Å². The van der Waals surface area contributed by atoms with Gasteiger partial charge in [-0.1, -0.05) is 44.2 Å². The maximum Gasteiger partial charge on any atom is 0.0626 e. The maximum atomic E-state index is 9.58. The molecule has 0 aliphatic heterocycles. The molecule has 3 heteroatoms. The average molecular weight is 251 g/mol. The fraction of sp³-hybridized carbons (Fsp3) is 0.600. The molecule has 0 heterocycles. The van der Waals surface area contributed by atoms with Gasteiger partial charge >= 0.3 is 0 Å². The Morgan fingerprint density at radius 3 is 2.22 bits per heavy atom. The molecule has 0 radical (unpaired) electrons. The Bertz CT molecular complexity index is 340. The smallest absolute Gasteiger partial charge is 0.0626 e. The molecule has 0 amide bonds. The van der Waals surface area contributed by atoms with E-state index in [1.54, 1.807) is 0 Å². The normalized spacial score (nSPS) is 16.6. The molecule has 0 bridgehead atoms. The number of benzene rings is 1. The van der Waals surface area contributed by atoms with E-state index >= 15 is 0 Å². The van der Waals surface area contributed by atoms with Crippen LogP contribution in [0, 0.1) is 5.92 Å². The first-order chi connectivity index (χ1) is 8.50. The molecule has 0 saturated carbocycles. The summed E-state index contributed by atoms with van der Waals surface area (Å²) in [5, 5.41) is 22.5. The van der Waals surface area contributed by atoms with Gasteiger partial charge in [0.15, 0.2) is 0 Å². The highest BCUT2D eigenvalue weighted by Crippen LogP contribution is 2.21. The lowest BCUT2D eigenvalue weighted by molar-refractivity contribution is 0.121. The molecule has 3 nitrogen and oxygen atoms in total. The van der Waals surface area contributed by atoms with Crippen LogP contribution in [0.4, 0.5) is 0 Å². The molecule has 2 atom stereocenters. The van der Waals surface area contributed by atoms with E-state index in [4.69, 9.17) is 0 Å². The molecule has 18 heavy (non-hydrogen) atoms. The van der Waals surface area contributed by atoms with Crippen molar-refractivity contribution in [1.29, 1.82) is 0 Å². The molecule has 0 spiro atoms. The summed E-state index contributed by atoms with van der Waals surface area (Å²) in [6, 6.07) is 9.71. The van der Waals surface area contributed by atoms with Gasteiger partial charge in [0.05, 0.1) is 19.3 Å². The van der Waals surface area contributed by atoms with Gasteiger partial charge in [0.1, 0.15) is 0 Å². The zero-order valence-electron chi connectivity index (χ0n) is 11.6. The van der Waals surface area contributed by atoms with E-state index < -0.39 is 0 Å². The van der Waals surface area contributed by atoms with Crippen LogP contribution in [0.25, 0.3) is 0 Å². The molecule has 0 aliphatic carbocycles. The van der Waals surface area contributed by atoms with Gasteiger partial charge < -0.3 is 15.5 Å². The van der Waals surface area contributed by atoms with E-state index in [1.807, 2.05) is 37.3 Å². The van der Waals surface area contributed by atoms with E-state index in [2.05, 4.69) is 19.2 Å². The van der Waals surface area contributed by atoms with Crippen molar-refractivity contribution in [2.45, 2.75) is 38.8 Å². The van der Waals surface area contributed by atoms with Crippen LogP contribution < -0.4 is 5.32 Å². The third-order valence-corrected chi connectivity index (χ3v) is 3.11. The van der Waals surface area contributed by atoms with Gasteiger partial charge in [-0.2, -0.15) is 0 Å². The molecule has 0 saturated heterocycles. The fourth-order valence-corrected chi connectivity index (χ4v) is 2.41. The van der Waals surface area contributed by atoms with Crippen molar-refractivity contribution >= 4 is 0 Å². The zero-order valence-corrected chi connectivity index (χ0v) is 11.6. The van der Waals surface area contributed by atoms with E-state index in [-0.39, 0.29) is 24.8 Å². The van der Waals surface area contributed by atoms with Crippen LogP contribution in [0.15, 0.2) is 30.3 Å². The molecule has 3 N–H and O–H groups in total. The number of hydrogen-bond acceptors (Lipinski definition) is 3. The van der Waals surface area contributed by atoms with Crippen LogP contribution in [0.5, 0.6) is 0 Å². The second-order valence-electron chi connectivity index (χ2n) is 5.61. The number of aliphatic hydroxyl groups is 2. The fourth-order valence-electron chi connectivity index (χ4n) is 2.41. The Labute approximate surface area is 110 Å². The molecular weight excluding hydrogens is 226 g/mol. The minimum absolute atomic E-state index is 0.0255. The van der Waals surface area contributed by atoms with Crippen molar-refractivity contribution in [2.24, 2.45) is 5.92 Å². The lowest BCUT2D eigenvalue weighted by Crippen LogP contribution is -2.49. The number of aliphatic hydroxyl groups excluding tert-OH is 2. The minimum atomic E-state index is -0.364. The highest BCUT2D eigenvalue weighted by molar-refractivity contribution is 5.19. The molecule has 0 unspecified atom stereocenters. The standard InChI is InChI=1S/C15H25NO2/c1-12(2)9-15(3,11-18)16-14(10-17)13-7-5-4-6-8-13/h4-8,12,14,16-18H,9-11H2,1-3H3/t14-,15+/m1/s1. The summed E-state index contributed by atoms with van der Waals surface area (Å²) < 4.78 is 0. The molecular formula is C15H25NO2. The molecule has 1 aromatic carbocycles. The van der Waals surface area contributed by atoms with Crippen LogP contribution in [0.3, 0.4) is 0 Å². The van der Waals surface area contributed by atoms with E-state index in [9.17, 15) is 10.2 Å². The second kappa shape index (κ2) is 6.88. The third kappa shape index (κ3) is 4.41. The monoisotopic (exact) mass is 251 g/mol. The Balaban J connectivity index is 2.78. The number of rotatable bonds is 7. The Kier molecular flexibility index (Phi) is 5.79. The quantitative estimate of drug-likeness (QED) is 0.695. The summed E-state index contributed by atoms with van der Waals surface area (Å²) in [6.45, 7) is 6.35. The van der Waals surface area contributed by atoms with Gasteiger partial charge in [-0.3, -0.25) is 0 Å². The van der Waals surface area contributed by atoms with Crippen molar-refractivity contribution in [1.82, 2.24) is 5.32 Å². The summed E-state index contributed by atoms with van der Waals surface area (Å²) in [5.41, 5.74) is 0.681. The second-order valence-corrected chi connectivity index (χ2v) is 5.61. The van der Waals surface area contributed by atoms with Gasteiger partial charge in [-0.15, -0.1) is 0 Å². The number of nitrogens with one attached hydrogen (secondary N) is 1. The summed E-state index contributed by atoms with van der Waals surface area (Å²) in [6.07, 6.45) is 0.868. The van der Waals surface area contributed by atoms with Crippen LogP contribution in [-0.2, 0) is 0 Å². The van der Waals surface area contributed by atoms with E-state index in [1.165, 1.54) is 0 Å². The highest BCUT2D eigenvalue weighted by atomic mass is 16.3. The van der Waals surface area contributed by atoms with Crippen LogP contribution in [0.1, 0.15) is 38.8 Å². The highest BCUT2D eigenvalue weighted by Gasteiger charge is 2.27. The lowest BCUT2D eigenvalue weighted by Gasteiger charge is -2.34. The van der Waals surface area contributed by atoms with Crippen molar-refractivity contribution in [3.05, 3.63) is 35.9 Å². The first-order valence-electron chi connectivity index (χ1n) is 6.55. The van der Waals surface area contributed by atoms with Crippen molar-refractivity contribution in [2.75, 3.05) is 13.2 Å². The summed E-state index contributed by atoms with van der Waals surface area (Å²) in [5.74, 6) is 0.491. The Hall–Kier alpha value is -0.900. The van der Waals surface area contributed by atoms with Crippen molar-refractivity contribution in [3.8, 4) is 0 Å². The molecule has 1 rings (SSSR count). The van der Waals surface area contributed by atoms with Crippen LogP contribution in [-0.4, -0.2) is 29.0 Å². The van der Waals surface area contributed by atoms with Gasteiger partial charge in [0, 0.05) is 5.54 Å². The largest absolute Gasteiger partial charge is 0.394 e. The van der Waals surface area contributed by atoms with Crippen LogP contribution >= 0.6 is 0 Å². The van der Waals surface area contributed by atoms with Gasteiger partial charge in [-0.05, 0) is 24.8 Å². The first kappa shape index (κ1) is 15.2. The third-order valence-electron chi connectivity index (χ3n) is 3.11. The molecule has 0 aliphatic rings. The predicted molar refractivity (Wildman–Crippen MR) is 74.4 cm³/mol. The molecule has 0 fully saturated rings.